The zero-order valence-electron chi connectivity index (χ0n) is 19.5. The fraction of sp³-hybridized carbons (Fsp3) is 0.500. The highest BCUT2D eigenvalue weighted by Crippen LogP contribution is 2.39. The van der Waals surface area contributed by atoms with Crippen molar-refractivity contribution in [2.45, 2.75) is 69.3 Å². The van der Waals surface area contributed by atoms with E-state index < -0.39 is 11.6 Å². The molecule has 0 spiro atoms. The van der Waals surface area contributed by atoms with Crippen molar-refractivity contribution < 1.29 is 22.6 Å². The second kappa shape index (κ2) is 10.8. The summed E-state index contributed by atoms with van der Waals surface area (Å²) in [6.07, 6.45) is 10.9. The van der Waals surface area contributed by atoms with E-state index in [-0.39, 0.29) is 29.7 Å². The normalized spacial score (nSPS) is 26.0. The zero-order chi connectivity index (χ0) is 23.4. The summed E-state index contributed by atoms with van der Waals surface area (Å²) in [5.74, 6) is -0.644. The topological polar surface area (TPSA) is 18.5 Å². The van der Waals surface area contributed by atoms with Gasteiger partial charge in [-0.05, 0) is 86.3 Å². The highest BCUT2D eigenvalue weighted by Gasteiger charge is 2.26. The Balaban J connectivity index is 1.36. The van der Waals surface area contributed by atoms with Crippen molar-refractivity contribution in [1.82, 2.24) is 0 Å². The number of allylic oxidation sites excluding steroid dienone is 1. The molecule has 0 amide bonds. The van der Waals surface area contributed by atoms with Gasteiger partial charge in [0.05, 0.1) is 13.2 Å². The average molecular weight is 459 g/mol. The first-order valence-corrected chi connectivity index (χ1v) is 12.0. The molecular weight excluding hydrogens is 425 g/mol. The van der Waals surface area contributed by atoms with Crippen molar-refractivity contribution in [2.75, 3.05) is 14.2 Å². The van der Waals surface area contributed by atoms with E-state index in [0.717, 1.165) is 56.9 Å². The Morgan fingerprint density at radius 3 is 2.03 bits per heavy atom. The fourth-order valence-corrected chi connectivity index (χ4v) is 5.46. The summed E-state index contributed by atoms with van der Waals surface area (Å²) < 4.78 is 54.5. The number of hydrogen-bond donors (Lipinski definition) is 0. The number of halogens is 3. The minimum atomic E-state index is -0.758. The third-order valence-electron chi connectivity index (χ3n) is 7.56. The lowest BCUT2D eigenvalue weighted by atomic mass is 9.78. The van der Waals surface area contributed by atoms with Crippen LogP contribution in [0.4, 0.5) is 13.2 Å². The van der Waals surface area contributed by atoms with Crippen LogP contribution in [0, 0.1) is 23.4 Å². The van der Waals surface area contributed by atoms with Crippen LogP contribution in [0.1, 0.15) is 79.9 Å². The molecule has 0 aliphatic heterocycles. The smallest absolute Gasteiger partial charge is 0.166 e. The summed E-state index contributed by atoms with van der Waals surface area (Å²) in [5, 5.41) is 0. The predicted octanol–water partition coefficient (Wildman–Crippen LogP) is 7.77. The van der Waals surface area contributed by atoms with Crippen LogP contribution in [-0.2, 0) is 4.74 Å². The fourth-order valence-electron chi connectivity index (χ4n) is 5.46. The zero-order valence-corrected chi connectivity index (χ0v) is 19.5. The van der Waals surface area contributed by atoms with E-state index >= 15 is 0 Å². The monoisotopic (exact) mass is 458 g/mol. The predicted molar refractivity (Wildman–Crippen MR) is 125 cm³/mol. The van der Waals surface area contributed by atoms with Gasteiger partial charge in [-0.15, -0.1) is 0 Å². The Kier molecular flexibility index (Phi) is 7.79. The standard InChI is InChI=1S/C28H33F3O2/c1-32-22-12-9-20(10-13-22)25-15-11-21(27(30)28(25)31)8-5-18-3-6-19(7-4-18)24-16-14-23(33-2)17-26(24)29/h5,8,11,14-20,22H,3-4,6-7,9-10,12-13H2,1-2H3/b8-5+. The molecule has 0 aromatic heterocycles. The lowest BCUT2D eigenvalue weighted by Crippen LogP contribution is -2.20. The molecule has 2 aromatic carbocycles. The van der Waals surface area contributed by atoms with Crippen molar-refractivity contribution >= 4 is 6.08 Å². The SMILES string of the molecule is COc1ccc(C2CCC(/C=C/c3ccc(C4CCC(OC)CC4)c(F)c3F)CC2)c(F)c1. The molecule has 5 heteroatoms. The summed E-state index contributed by atoms with van der Waals surface area (Å²) in [5.41, 5.74) is 1.52. The Morgan fingerprint density at radius 1 is 0.758 bits per heavy atom. The van der Waals surface area contributed by atoms with E-state index in [1.54, 1.807) is 31.4 Å². The van der Waals surface area contributed by atoms with Gasteiger partial charge in [0, 0.05) is 18.7 Å². The molecule has 33 heavy (non-hydrogen) atoms. The summed E-state index contributed by atoms with van der Waals surface area (Å²) in [7, 11) is 3.23. The van der Waals surface area contributed by atoms with Crippen LogP contribution in [0.3, 0.4) is 0 Å². The second-order valence-corrected chi connectivity index (χ2v) is 9.44. The molecule has 178 valence electrons. The van der Waals surface area contributed by atoms with Crippen LogP contribution >= 0.6 is 0 Å². The first-order valence-electron chi connectivity index (χ1n) is 12.0. The maximum absolute atomic E-state index is 14.8. The Hall–Kier alpha value is -2.27. The van der Waals surface area contributed by atoms with Gasteiger partial charge < -0.3 is 9.47 Å². The van der Waals surface area contributed by atoms with Crippen LogP contribution in [0.25, 0.3) is 6.08 Å². The molecule has 2 aliphatic rings. The summed E-state index contributed by atoms with van der Waals surface area (Å²) in [6, 6.07) is 8.50. The molecule has 0 atom stereocenters. The van der Waals surface area contributed by atoms with Crippen LogP contribution in [0.5, 0.6) is 5.75 Å². The number of hydrogen-bond acceptors (Lipinski definition) is 2. The molecule has 2 aliphatic carbocycles. The minimum absolute atomic E-state index is 0.0533. The molecular formula is C28H33F3O2. The number of benzene rings is 2. The van der Waals surface area contributed by atoms with Gasteiger partial charge in [-0.25, -0.2) is 13.2 Å². The Labute approximate surface area is 194 Å². The van der Waals surface area contributed by atoms with Gasteiger partial charge >= 0.3 is 0 Å². The summed E-state index contributed by atoms with van der Waals surface area (Å²) >= 11 is 0. The quantitative estimate of drug-likeness (QED) is 0.440. The van der Waals surface area contributed by atoms with Crippen LogP contribution in [0.15, 0.2) is 36.4 Å². The van der Waals surface area contributed by atoms with Gasteiger partial charge in [-0.1, -0.05) is 30.4 Å². The van der Waals surface area contributed by atoms with Crippen LogP contribution in [-0.4, -0.2) is 20.3 Å². The molecule has 2 fully saturated rings. The second-order valence-electron chi connectivity index (χ2n) is 9.44. The minimum Gasteiger partial charge on any atom is -0.497 e. The number of methoxy groups -OCH3 is 2. The molecule has 4 rings (SSSR count). The maximum Gasteiger partial charge on any atom is 0.166 e. The van der Waals surface area contributed by atoms with Gasteiger partial charge in [0.15, 0.2) is 11.6 Å². The van der Waals surface area contributed by atoms with Gasteiger partial charge in [0.1, 0.15) is 11.6 Å². The van der Waals surface area contributed by atoms with Crippen molar-refractivity contribution in [3.63, 3.8) is 0 Å². The maximum atomic E-state index is 14.8. The van der Waals surface area contributed by atoms with E-state index in [0.29, 0.717) is 16.9 Å². The molecule has 0 unspecified atom stereocenters. The number of ether oxygens (including phenoxy) is 2. The van der Waals surface area contributed by atoms with Crippen molar-refractivity contribution in [1.29, 1.82) is 0 Å². The lowest BCUT2D eigenvalue weighted by Gasteiger charge is -2.28. The first-order chi connectivity index (χ1) is 16.0. The molecule has 2 aromatic rings. The largest absolute Gasteiger partial charge is 0.497 e. The van der Waals surface area contributed by atoms with Crippen molar-refractivity contribution in [3.8, 4) is 5.75 Å². The van der Waals surface area contributed by atoms with Crippen molar-refractivity contribution in [2.24, 2.45) is 5.92 Å². The van der Waals surface area contributed by atoms with Gasteiger partial charge in [0.25, 0.3) is 0 Å². The average Bonchev–Trinajstić information content (AvgIpc) is 2.85. The Morgan fingerprint density at radius 2 is 1.39 bits per heavy atom. The third-order valence-corrected chi connectivity index (χ3v) is 7.56. The highest BCUT2D eigenvalue weighted by atomic mass is 19.2. The van der Waals surface area contributed by atoms with E-state index in [1.165, 1.54) is 13.2 Å². The van der Waals surface area contributed by atoms with E-state index in [4.69, 9.17) is 9.47 Å². The van der Waals surface area contributed by atoms with E-state index in [2.05, 4.69) is 0 Å². The molecule has 2 nitrogen and oxygen atoms in total. The lowest BCUT2D eigenvalue weighted by molar-refractivity contribution is 0.0655. The molecule has 0 heterocycles. The van der Waals surface area contributed by atoms with E-state index in [1.807, 2.05) is 12.1 Å². The third kappa shape index (κ3) is 5.46. The summed E-state index contributed by atoms with van der Waals surface area (Å²) in [6.45, 7) is 0. The van der Waals surface area contributed by atoms with E-state index in [9.17, 15) is 13.2 Å². The highest BCUT2D eigenvalue weighted by molar-refractivity contribution is 5.52. The van der Waals surface area contributed by atoms with Crippen molar-refractivity contribution in [3.05, 3.63) is 70.5 Å². The summed E-state index contributed by atoms with van der Waals surface area (Å²) in [4.78, 5) is 0. The first kappa shape index (κ1) is 23.9. The van der Waals surface area contributed by atoms with Gasteiger partial charge in [-0.3, -0.25) is 0 Å². The number of rotatable bonds is 6. The van der Waals surface area contributed by atoms with Crippen LogP contribution in [0.2, 0.25) is 0 Å². The molecule has 0 N–H and O–H groups in total. The van der Waals surface area contributed by atoms with Crippen LogP contribution < -0.4 is 4.74 Å². The molecule has 0 radical (unpaired) electrons. The van der Waals surface area contributed by atoms with Gasteiger partial charge in [0.2, 0.25) is 0 Å². The molecule has 0 saturated heterocycles. The van der Waals surface area contributed by atoms with Gasteiger partial charge in [-0.2, -0.15) is 0 Å². The molecule has 0 bridgehead atoms. The Bertz CT molecular complexity index is 971. The molecule has 2 saturated carbocycles.